The molecule has 2 nitrogen and oxygen atoms in total. The van der Waals surface area contributed by atoms with E-state index in [2.05, 4.69) is 47.5 Å². The lowest BCUT2D eigenvalue weighted by Gasteiger charge is -2.38. The zero-order valence-electron chi connectivity index (χ0n) is 9.45. The van der Waals surface area contributed by atoms with Gasteiger partial charge in [-0.1, -0.05) is 31.5 Å². The normalized spacial score (nSPS) is 21.7. The number of nitrogens with zero attached hydrogens (tertiary/aromatic N) is 1. The van der Waals surface area contributed by atoms with Crippen LogP contribution >= 0.6 is 0 Å². The van der Waals surface area contributed by atoms with Gasteiger partial charge in [0.1, 0.15) is 0 Å². The SMILES string of the molecule is CCCC1CNCCN1c1ccccc1. The third-order valence-electron chi connectivity index (χ3n) is 3.06. The predicted octanol–water partition coefficient (Wildman–Crippen LogP) is 2.26. The Morgan fingerprint density at radius 3 is 2.87 bits per heavy atom. The number of hydrogen-bond donors (Lipinski definition) is 1. The highest BCUT2D eigenvalue weighted by atomic mass is 15.2. The zero-order valence-corrected chi connectivity index (χ0v) is 9.45. The van der Waals surface area contributed by atoms with E-state index in [1.165, 1.54) is 18.5 Å². The molecule has 1 atom stereocenters. The Morgan fingerprint density at radius 1 is 1.33 bits per heavy atom. The van der Waals surface area contributed by atoms with Gasteiger partial charge >= 0.3 is 0 Å². The molecule has 1 N–H and O–H groups in total. The van der Waals surface area contributed by atoms with E-state index >= 15 is 0 Å². The maximum atomic E-state index is 3.48. The topological polar surface area (TPSA) is 15.3 Å². The minimum Gasteiger partial charge on any atom is -0.366 e. The van der Waals surface area contributed by atoms with Gasteiger partial charge in [-0.15, -0.1) is 0 Å². The van der Waals surface area contributed by atoms with E-state index in [9.17, 15) is 0 Å². The van der Waals surface area contributed by atoms with Crippen molar-refractivity contribution in [1.29, 1.82) is 0 Å². The van der Waals surface area contributed by atoms with Crippen LogP contribution < -0.4 is 10.2 Å². The summed E-state index contributed by atoms with van der Waals surface area (Å²) in [5, 5.41) is 3.48. The molecule has 0 spiro atoms. The monoisotopic (exact) mass is 204 g/mol. The molecular weight excluding hydrogens is 184 g/mol. The first kappa shape index (κ1) is 10.5. The number of piperazine rings is 1. The second-order valence-corrected chi connectivity index (χ2v) is 4.18. The molecule has 1 unspecified atom stereocenters. The fourth-order valence-electron chi connectivity index (χ4n) is 2.31. The second-order valence-electron chi connectivity index (χ2n) is 4.18. The quantitative estimate of drug-likeness (QED) is 0.812. The Morgan fingerprint density at radius 2 is 2.13 bits per heavy atom. The van der Waals surface area contributed by atoms with Crippen molar-refractivity contribution in [2.45, 2.75) is 25.8 Å². The van der Waals surface area contributed by atoms with Crippen molar-refractivity contribution < 1.29 is 0 Å². The number of anilines is 1. The van der Waals surface area contributed by atoms with Crippen LogP contribution in [0, 0.1) is 0 Å². The van der Waals surface area contributed by atoms with Gasteiger partial charge in [0, 0.05) is 31.4 Å². The molecule has 0 radical (unpaired) electrons. The molecule has 0 aliphatic carbocycles. The van der Waals surface area contributed by atoms with E-state index in [1.54, 1.807) is 0 Å². The number of benzene rings is 1. The van der Waals surface area contributed by atoms with Crippen LogP contribution in [-0.2, 0) is 0 Å². The molecular formula is C13H20N2. The Hall–Kier alpha value is -1.02. The summed E-state index contributed by atoms with van der Waals surface area (Å²) >= 11 is 0. The lowest BCUT2D eigenvalue weighted by atomic mass is 10.1. The number of hydrogen-bond acceptors (Lipinski definition) is 2. The van der Waals surface area contributed by atoms with E-state index in [0.29, 0.717) is 6.04 Å². The minimum atomic E-state index is 0.672. The molecule has 2 heteroatoms. The number of rotatable bonds is 3. The van der Waals surface area contributed by atoms with Crippen LogP contribution in [0.15, 0.2) is 30.3 Å². The van der Waals surface area contributed by atoms with Crippen LogP contribution in [0.1, 0.15) is 19.8 Å². The molecule has 15 heavy (non-hydrogen) atoms. The molecule has 0 amide bonds. The van der Waals surface area contributed by atoms with Gasteiger partial charge in [-0.25, -0.2) is 0 Å². The molecule has 1 aliphatic heterocycles. The Kier molecular flexibility index (Phi) is 3.62. The highest BCUT2D eigenvalue weighted by Gasteiger charge is 2.20. The van der Waals surface area contributed by atoms with E-state index in [0.717, 1.165) is 19.6 Å². The second kappa shape index (κ2) is 5.17. The molecule has 82 valence electrons. The summed E-state index contributed by atoms with van der Waals surface area (Å²) in [5.41, 5.74) is 1.37. The first-order valence-corrected chi connectivity index (χ1v) is 5.94. The summed E-state index contributed by atoms with van der Waals surface area (Å²) in [6.45, 7) is 5.63. The molecule has 2 rings (SSSR count). The maximum absolute atomic E-state index is 3.48. The summed E-state index contributed by atoms with van der Waals surface area (Å²) in [5.74, 6) is 0. The van der Waals surface area contributed by atoms with E-state index in [4.69, 9.17) is 0 Å². The fraction of sp³-hybridized carbons (Fsp3) is 0.538. The van der Waals surface area contributed by atoms with Gasteiger partial charge in [-0.05, 0) is 18.6 Å². The Balaban J connectivity index is 2.11. The van der Waals surface area contributed by atoms with E-state index < -0.39 is 0 Å². The molecule has 1 aromatic rings. The molecule has 0 aromatic heterocycles. The lowest BCUT2D eigenvalue weighted by molar-refractivity contribution is 0.451. The van der Waals surface area contributed by atoms with Crippen molar-refractivity contribution in [2.24, 2.45) is 0 Å². The largest absolute Gasteiger partial charge is 0.366 e. The fourth-order valence-corrected chi connectivity index (χ4v) is 2.31. The summed E-state index contributed by atoms with van der Waals surface area (Å²) in [7, 11) is 0. The van der Waals surface area contributed by atoms with Gasteiger partial charge in [0.15, 0.2) is 0 Å². The van der Waals surface area contributed by atoms with Crippen molar-refractivity contribution in [3.8, 4) is 0 Å². The van der Waals surface area contributed by atoms with Gasteiger partial charge < -0.3 is 10.2 Å². The highest BCUT2D eigenvalue weighted by molar-refractivity contribution is 5.47. The van der Waals surface area contributed by atoms with Crippen LogP contribution in [-0.4, -0.2) is 25.7 Å². The predicted molar refractivity (Wildman–Crippen MR) is 65.4 cm³/mol. The van der Waals surface area contributed by atoms with Gasteiger partial charge in [-0.3, -0.25) is 0 Å². The average molecular weight is 204 g/mol. The summed E-state index contributed by atoms with van der Waals surface area (Å²) in [4.78, 5) is 2.54. The molecule has 0 saturated carbocycles. The first-order valence-electron chi connectivity index (χ1n) is 5.94. The third kappa shape index (κ3) is 2.51. The van der Waals surface area contributed by atoms with Crippen molar-refractivity contribution in [3.63, 3.8) is 0 Å². The molecule has 1 aromatic carbocycles. The van der Waals surface area contributed by atoms with Crippen LogP contribution in [0.25, 0.3) is 0 Å². The van der Waals surface area contributed by atoms with Crippen molar-refractivity contribution in [1.82, 2.24) is 5.32 Å². The summed E-state index contributed by atoms with van der Waals surface area (Å²) < 4.78 is 0. The highest BCUT2D eigenvalue weighted by Crippen LogP contribution is 2.19. The Bertz CT molecular complexity index is 282. The van der Waals surface area contributed by atoms with Crippen LogP contribution in [0.2, 0.25) is 0 Å². The van der Waals surface area contributed by atoms with Gasteiger partial charge in [0.2, 0.25) is 0 Å². The molecule has 0 bridgehead atoms. The van der Waals surface area contributed by atoms with Gasteiger partial charge in [-0.2, -0.15) is 0 Å². The maximum Gasteiger partial charge on any atom is 0.0415 e. The Labute approximate surface area is 92.3 Å². The van der Waals surface area contributed by atoms with E-state index in [-0.39, 0.29) is 0 Å². The van der Waals surface area contributed by atoms with Gasteiger partial charge in [0.25, 0.3) is 0 Å². The lowest BCUT2D eigenvalue weighted by Crippen LogP contribution is -2.51. The van der Waals surface area contributed by atoms with Crippen molar-refractivity contribution in [3.05, 3.63) is 30.3 Å². The van der Waals surface area contributed by atoms with Crippen molar-refractivity contribution >= 4 is 5.69 Å². The molecule has 1 saturated heterocycles. The van der Waals surface area contributed by atoms with Crippen LogP contribution in [0.5, 0.6) is 0 Å². The first-order chi connectivity index (χ1) is 7.42. The number of para-hydroxylation sites is 1. The van der Waals surface area contributed by atoms with Crippen molar-refractivity contribution in [2.75, 3.05) is 24.5 Å². The minimum absolute atomic E-state index is 0.672. The molecule has 1 heterocycles. The van der Waals surface area contributed by atoms with Crippen LogP contribution in [0.3, 0.4) is 0 Å². The number of nitrogens with one attached hydrogen (secondary N) is 1. The summed E-state index contributed by atoms with van der Waals surface area (Å²) in [6, 6.07) is 11.4. The average Bonchev–Trinajstić information content (AvgIpc) is 2.31. The zero-order chi connectivity index (χ0) is 10.5. The van der Waals surface area contributed by atoms with E-state index in [1.807, 2.05) is 0 Å². The van der Waals surface area contributed by atoms with Gasteiger partial charge in [0.05, 0.1) is 0 Å². The summed E-state index contributed by atoms with van der Waals surface area (Å²) in [6.07, 6.45) is 2.54. The molecule has 1 aliphatic rings. The van der Waals surface area contributed by atoms with Crippen LogP contribution in [0.4, 0.5) is 5.69 Å². The smallest absolute Gasteiger partial charge is 0.0415 e. The standard InChI is InChI=1S/C13H20N2/c1-2-6-13-11-14-9-10-15(13)12-7-4-3-5-8-12/h3-5,7-8,13-14H,2,6,9-11H2,1H3. The third-order valence-corrected chi connectivity index (χ3v) is 3.06. The molecule has 1 fully saturated rings.